The van der Waals surface area contributed by atoms with Crippen LogP contribution in [0.4, 0.5) is 0 Å². The Hall–Kier alpha value is -3.26. The van der Waals surface area contributed by atoms with Crippen molar-refractivity contribution in [1.82, 2.24) is 15.2 Å². The molecule has 2 aromatic carbocycles. The van der Waals surface area contributed by atoms with Gasteiger partial charge in [-0.05, 0) is 56.7 Å². The zero-order chi connectivity index (χ0) is 21.5. The molecule has 1 aromatic heterocycles. The molecule has 1 unspecified atom stereocenters. The summed E-state index contributed by atoms with van der Waals surface area (Å²) >= 11 is 0. The Kier molecular flexibility index (Phi) is 7.13. The fourth-order valence-corrected chi connectivity index (χ4v) is 3.05. The molecule has 0 fully saturated rings. The lowest BCUT2D eigenvalue weighted by Crippen LogP contribution is -2.14. The van der Waals surface area contributed by atoms with E-state index in [1.165, 1.54) is 0 Å². The highest BCUT2D eigenvalue weighted by Gasteiger charge is 2.18. The SMILES string of the molecule is CCOc1cc(C(N)c2nc(-c3ccc(OCC)c(OCC)c3)n[nH]2)ccc1OC. The highest BCUT2D eigenvalue weighted by atomic mass is 16.5. The molecule has 0 saturated carbocycles. The number of nitrogens with zero attached hydrogens (tertiary/aromatic N) is 2. The quantitative estimate of drug-likeness (QED) is 0.523. The van der Waals surface area contributed by atoms with E-state index >= 15 is 0 Å². The van der Waals surface area contributed by atoms with Gasteiger partial charge in [-0.1, -0.05) is 6.07 Å². The second-order valence-electron chi connectivity index (χ2n) is 6.39. The summed E-state index contributed by atoms with van der Waals surface area (Å²) in [4.78, 5) is 4.59. The van der Waals surface area contributed by atoms with Crippen molar-refractivity contribution in [2.75, 3.05) is 26.9 Å². The van der Waals surface area contributed by atoms with Gasteiger partial charge in [0.25, 0.3) is 0 Å². The molecule has 3 rings (SSSR count). The third-order valence-corrected chi connectivity index (χ3v) is 4.45. The Bertz CT molecular complexity index is 974. The summed E-state index contributed by atoms with van der Waals surface area (Å²) in [5.41, 5.74) is 8.07. The normalized spacial score (nSPS) is 11.8. The molecule has 160 valence electrons. The van der Waals surface area contributed by atoms with Gasteiger partial charge in [0.1, 0.15) is 5.82 Å². The third-order valence-electron chi connectivity index (χ3n) is 4.45. The van der Waals surface area contributed by atoms with Gasteiger partial charge in [-0.25, -0.2) is 4.98 Å². The van der Waals surface area contributed by atoms with Crippen LogP contribution in [0.5, 0.6) is 23.0 Å². The summed E-state index contributed by atoms with van der Waals surface area (Å²) in [6.07, 6.45) is 0. The van der Waals surface area contributed by atoms with Gasteiger partial charge in [0.05, 0.1) is 33.0 Å². The van der Waals surface area contributed by atoms with E-state index in [1.54, 1.807) is 7.11 Å². The molecule has 0 aliphatic rings. The van der Waals surface area contributed by atoms with Crippen molar-refractivity contribution in [2.24, 2.45) is 5.73 Å². The number of H-pyrrole nitrogens is 1. The maximum absolute atomic E-state index is 6.43. The van der Waals surface area contributed by atoms with E-state index in [2.05, 4.69) is 15.2 Å². The van der Waals surface area contributed by atoms with Crippen LogP contribution in [0.2, 0.25) is 0 Å². The Labute approximate surface area is 176 Å². The van der Waals surface area contributed by atoms with E-state index in [9.17, 15) is 0 Å². The van der Waals surface area contributed by atoms with E-state index in [-0.39, 0.29) is 0 Å². The molecule has 0 amide bonds. The van der Waals surface area contributed by atoms with Crippen LogP contribution in [-0.2, 0) is 0 Å². The molecule has 0 aliphatic heterocycles. The number of hydrogen-bond donors (Lipinski definition) is 2. The smallest absolute Gasteiger partial charge is 0.181 e. The van der Waals surface area contributed by atoms with Gasteiger partial charge in [-0.15, -0.1) is 0 Å². The number of benzene rings is 2. The molecule has 1 atom stereocenters. The van der Waals surface area contributed by atoms with Crippen molar-refractivity contribution in [2.45, 2.75) is 26.8 Å². The van der Waals surface area contributed by atoms with Crippen LogP contribution in [0.3, 0.4) is 0 Å². The summed E-state index contributed by atoms with van der Waals surface area (Å²) in [5.74, 6) is 3.72. The first-order valence-electron chi connectivity index (χ1n) is 9.99. The number of methoxy groups -OCH3 is 1. The minimum absolute atomic E-state index is 0.495. The van der Waals surface area contributed by atoms with Crippen LogP contribution < -0.4 is 24.7 Å². The number of nitrogens with one attached hydrogen (secondary N) is 1. The molecule has 0 aliphatic carbocycles. The van der Waals surface area contributed by atoms with Crippen LogP contribution in [-0.4, -0.2) is 42.1 Å². The molecule has 0 radical (unpaired) electrons. The molecule has 0 bridgehead atoms. The molecular formula is C22H28N4O4. The van der Waals surface area contributed by atoms with E-state index < -0.39 is 6.04 Å². The summed E-state index contributed by atoms with van der Waals surface area (Å²) in [6.45, 7) is 7.40. The van der Waals surface area contributed by atoms with Crippen LogP contribution in [0, 0.1) is 0 Å². The van der Waals surface area contributed by atoms with Crippen molar-refractivity contribution < 1.29 is 18.9 Å². The predicted molar refractivity (Wildman–Crippen MR) is 114 cm³/mol. The highest BCUT2D eigenvalue weighted by Crippen LogP contribution is 2.33. The first kappa shape index (κ1) is 21.4. The summed E-state index contributed by atoms with van der Waals surface area (Å²) in [7, 11) is 1.60. The first-order chi connectivity index (χ1) is 14.6. The number of aromatic amines is 1. The van der Waals surface area contributed by atoms with E-state index in [4.69, 9.17) is 24.7 Å². The predicted octanol–water partition coefficient (Wildman–Crippen LogP) is 3.72. The monoisotopic (exact) mass is 412 g/mol. The molecular weight excluding hydrogens is 384 g/mol. The Morgan fingerprint density at radius 1 is 0.867 bits per heavy atom. The zero-order valence-electron chi connectivity index (χ0n) is 17.8. The summed E-state index contributed by atoms with van der Waals surface area (Å²) < 4.78 is 22.3. The second-order valence-corrected chi connectivity index (χ2v) is 6.39. The van der Waals surface area contributed by atoms with Gasteiger partial charge in [-0.3, -0.25) is 5.10 Å². The van der Waals surface area contributed by atoms with Gasteiger partial charge in [0, 0.05) is 5.56 Å². The molecule has 3 N–H and O–H groups in total. The van der Waals surface area contributed by atoms with Gasteiger partial charge in [0.2, 0.25) is 0 Å². The third kappa shape index (κ3) is 4.65. The molecule has 1 heterocycles. The first-order valence-corrected chi connectivity index (χ1v) is 9.99. The minimum Gasteiger partial charge on any atom is -0.493 e. The highest BCUT2D eigenvalue weighted by molar-refractivity contribution is 5.61. The fourth-order valence-electron chi connectivity index (χ4n) is 3.05. The van der Waals surface area contributed by atoms with Crippen molar-refractivity contribution in [3.8, 4) is 34.4 Å². The Morgan fingerprint density at radius 3 is 2.17 bits per heavy atom. The molecule has 8 nitrogen and oxygen atoms in total. The van der Waals surface area contributed by atoms with Crippen molar-refractivity contribution in [1.29, 1.82) is 0 Å². The van der Waals surface area contributed by atoms with E-state index in [1.807, 2.05) is 57.2 Å². The lowest BCUT2D eigenvalue weighted by molar-refractivity contribution is 0.288. The van der Waals surface area contributed by atoms with Crippen molar-refractivity contribution in [3.05, 3.63) is 47.8 Å². The number of nitrogens with two attached hydrogens (primary N) is 1. The van der Waals surface area contributed by atoms with Crippen LogP contribution >= 0.6 is 0 Å². The van der Waals surface area contributed by atoms with Gasteiger partial charge < -0.3 is 24.7 Å². The summed E-state index contributed by atoms with van der Waals surface area (Å²) in [5, 5.41) is 7.28. The Morgan fingerprint density at radius 2 is 1.50 bits per heavy atom. The fraction of sp³-hybridized carbons (Fsp3) is 0.364. The number of aromatic nitrogens is 3. The van der Waals surface area contributed by atoms with Crippen LogP contribution in [0.25, 0.3) is 11.4 Å². The van der Waals surface area contributed by atoms with E-state index in [0.29, 0.717) is 54.5 Å². The van der Waals surface area contributed by atoms with Crippen molar-refractivity contribution >= 4 is 0 Å². The number of rotatable bonds is 10. The van der Waals surface area contributed by atoms with Gasteiger partial charge in [0.15, 0.2) is 28.8 Å². The molecule has 8 heteroatoms. The largest absolute Gasteiger partial charge is 0.493 e. The van der Waals surface area contributed by atoms with Crippen molar-refractivity contribution in [3.63, 3.8) is 0 Å². The lowest BCUT2D eigenvalue weighted by Gasteiger charge is -2.14. The van der Waals surface area contributed by atoms with Gasteiger partial charge >= 0.3 is 0 Å². The second kappa shape index (κ2) is 9.98. The zero-order valence-corrected chi connectivity index (χ0v) is 17.8. The average molecular weight is 412 g/mol. The topological polar surface area (TPSA) is 105 Å². The molecule has 0 saturated heterocycles. The number of hydrogen-bond acceptors (Lipinski definition) is 7. The maximum atomic E-state index is 6.43. The number of ether oxygens (including phenoxy) is 4. The van der Waals surface area contributed by atoms with Gasteiger partial charge in [-0.2, -0.15) is 5.10 Å². The minimum atomic E-state index is -0.495. The average Bonchev–Trinajstić information content (AvgIpc) is 3.25. The maximum Gasteiger partial charge on any atom is 0.181 e. The van der Waals surface area contributed by atoms with Crippen LogP contribution in [0.15, 0.2) is 36.4 Å². The lowest BCUT2D eigenvalue weighted by atomic mass is 10.1. The molecule has 3 aromatic rings. The molecule has 30 heavy (non-hydrogen) atoms. The molecule has 0 spiro atoms. The summed E-state index contributed by atoms with van der Waals surface area (Å²) in [6, 6.07) is 10.7. The Balaban J connectivity index is 1.87. The van der Waals surface area contributed by atoms with Crippen LogP contribution in [0.1, 0.15) is 38.2 Å². The van der Waals surface area contributed by atoms with E-state index in [0.717, 1.165) is 11.1 Å². The standard InChI is InChI=1S/C22H28N4O4/c1-5-28-17-11-9-15(13-19(17)30-7-3)21-24-22(26-25-21)20(23)14-8-10-16(27-4)18(12-14)29-6-2/h8-13,20H,5-7,23H2,1-4H3,(H,24,25,26).